The average molecular weight is 325 g/mol. The largest absolute Gasteiger partial charge is 0.242 e. The Kier molecular flexibility index (Phi) is 5.41. The van der Waals surface area contributed by atoms with E-state index in [-0.39, 0.29) is 4.75 Å². The molecule has 0 heterocycles. The van der Waals surface area contributed by atoms with Gasteiger partial charge in [0.2, 0.25) is 0 Å². The molecule has 23 heavy (non-hydrogen) atoms. The summed E-state index contributed by atoms with van der Waals surface area (Å²) in [6, 6.07) is 19.8. The molecule has 3 heteroatoms. The van der Waals surface area contributed by atoms with E-state index in [2.05, 4.69) is 16.6 Å². The lowest BCUT2D eigenvalue weighted by atomic mass is 9.93. The van der Waals surface area contributed by atoms with Crippen LogP contribution in [0.3, 0.4) is 0 Å². The molecule has 0 aliphatic heterocycles. The van der Waals surface area contributed by atoms with Crippen molar-refractivity contribution in [3.8, 4) is 11.8 Å². The Morgan fingerprint density at radius 2 is 1.39 bits per heavy atom. The predicted octanol–water partition coefficient (Wildman–Crippen LogP) is 4.01. The number of hydrogen-bond acceptors (Lipinski definition) is 1. The van der Waals surface area contributed by atoms with Crippen LogP contribution in [0.1, 0.15) is 38.8 Å². The van der Waals surface area contributed by atoms with E-state index in [0.29, 0.717) is 0 Å². The van der Waals surface area contributed by atoms with E-state index in [0.717, 1.165) is 11.1 Å². The Hall–Kier alpha value is -1.89. The molecule has 0 unspecified atom stereocenters. The predicted molar refractivity (Wildman–Crippen MR) is 98.1 cm³/mol. The van der Waals surface area contributed by atoms with Crippen molar-refractivity contribution >= 4 is 11.0 Å². The highest BCUT2D eigenvalue weighted by Crippen LogP contribution is 2.23. The second-order valence-corrected chi connectivity index (χ2v) is 8.56. The van der Waals surface area contributed by atoms with Crippen LogP contribution in [0.15, 0.2) is 60.7 Å². The highest BCUT2D eigenvalue weighted by atomic mass is 32.2. The third-order valence-corrected chi connectivity index (χ3v) is 5.14. The number of hydrogen-bond donors (Lipinski definition) is 1. The first-order valence-corrected chi connectivity index (χ1v) is 8.80. The van der Waals surface area contributed by atoms with Gasteiger partial charge in [-0.05, 0) is 45.4 Å². The van der Waals surface area contributed by atoms with Crippen molar-refractivity contribution in [2.45, 2.75) is 38.0 Å². The van der Waals surface area contributed by atoms with Crippen LogP contribution < -0.4 is 4.72 Å². The van der Waals surface area contributed by atoms with Crippen molar-refractivity contribution in [2.24, 2.45) is 0 Å². The first-order chi connectivity index (χ1) is 10.8. The van der Waals surface area contributed by atoms with E-state index in [1.807, 2.05) is 88.4 Å². The number of benzene rings is 2. The van der Waals surface area contributed by atoms with Gasteiger partial charge in [-0.25, -0.2) is 8.93 Å². The third kappa shape index (κ3) is 4.79. The normalized spacial score (nSPS) is 15.1. The average Bonchev–Trinajstić information content (AvgIpc) is 2.54. The molecule has 120 valence electrons. The summed E-state index contributed by atoms with van der Waals surface area (Å²) in [6.07, 6.45) is 0. The van der Waals surface area contributed by atoms with Crippen LogP contribution in [0.2, 0.25) is 0 Å². The van der Waals surface area contributed by atoms with Crippen LogP contribution in [0.4, 0.5) is 0 Å². The SMILES string of the molecule is CC(C)(C)[S@@](=O)N[C@@](C)(C#Cc1ccccc1)c1ccccc1. The zero-order chi connectivity index (χ0) is 16.9. The molecular formula is C20H23NOS. The van der Waals surface area contributed by atoms with Crippen LogP contribution in [0, 0.1) is 11.8 Å². The van der Waals surface area contributed by atoms with E-state index in [1.165, 1.54) is 0 Å². The number of nitrogens with one attached hydrogen (secondary N) is 1. The number of rotatable bonds is 3. The van der Waals surface area contributed by atoms with E-state index >= 15 is 0 Å². The molecule has 0 bridgehead atoms. The molecule has 2 rings (SSSR count). The summed E-state index contributed by atoms with van der Waals surface area (Å²) in [5.74, 6) is 6.47. The Labute approximate surface area is 141 Å². The van der Waals surface area contributed by atoms with Crippen LogP contribution >= 0.6 is 0 Å². The van der Waals surface area contributed by atoms with Crippen molar-refractivity contribution in [3.63, 3.8) is 0 Å². The van der Waals surface area contributed by atoms with E-state index in [1.54, 1.807) is 0 Å². The lowest BCUT2D eigenvalue weighted by Crippen LogP contribution is -2.45. The van der Waals surface area contributed by atoms with Gasteiger partial charge >= 0.3 is 0 Å². The molecule has 0 aliphatic rings. The lowest BCUT2D eigenvalue weighted by molar-refractivity contribution is 0.558. The quantitative estimate of drug-likeness (QED) is 0.849. The fourth-order valence-electron chi connectivity index (χ4n) is 1.99. The standard InChI is InChI=1S/C20H23NOS/c1-19(2,3)23(22)21-20(4,18-13-9-6-10-14-18)16-15-17-11-7-5-8-12-17/h5-14,21H,1-4H3/t20-,23+/m0/s1. The Bertz CT molecular complexity index is 723. The van der Waals surface area contributed by atoms with Gasteiger partial charge in [0, 0.05) is 5.56 Å². The van der Waals surface area contributed by atoms with Gasteiger partial charge in [-0.2, -0.15) is 0 Å². The summed E-state index contributed by atoms with van der Waals surface area (Å²) in [7, 11) is -1.22. The second kappa shape index (κ2) is 7.12. The summed E-state index contributed by atoms with van der Waals surface area (Å²) < 4.78 is 15.5. The van der Waals surface area contributed by atoms with Gasteiger partial charge in [-0.3, -0.25) is 0 Å². The molecule has 2 aromatic rings. The molecule has 2 nitrogen and oxygen atoms in total. The van der Waals surface area contributed by atoms with E-state index in [9.17, 15) is 4.21 Å². The topological polar surface area (TPSA) is 29.1 Å². The van der Waals surface area contributed by atoms with Crippen LogP contribution in [-0.2, 0) is 16.5 Å². The zero-order valence-electron chi connectivity index (χ0n) is 14.1. The minimum atomic E-state index is -1.22. The highest BCUT2D eigenvalue weighted by Gasteiger charge is 2.30. The molecule has 1 N–H and O–H groups in total. The van der Waals surface area contributed by atoms with Crippen molar-refractivity contribution in [1.29, 1.82) is 0 Å². The van der Waals surface area contributed by atoms with Gasteiger partial charge in [0.1, 0.15) is 5.54 Å². The van der Waals surface area contributed by atoms with Crippen molar-refractivity contribution in [1.82, 2.24) is 4.72 Å². The first kappa shape index (κ1) is 17.5. The van der Waals surface area contributed by atoms with E-state index < -0.39 is 16.5 Å². The van der Waals surface area contributed by atoms with Gasteiger partial charge < -0.3 is 0 Å². The molecule has 0 aliphatic carbocycles. The fourth-order valence-corrected chi connectivity index (χ4v) is 2.83. The van der Waals surface area contributed by atoms with Crippen molar-refractivity contribution in [3.05, 3.63) is 71.8 Å². The van der Waals surface area contributed by atoms with Crippen molar-refractivity contribution < 1.29 is 4.21 Å². The van der Waals surface area contributed by atoms with Gasteiger partial charge in [0.15, 0.2) is 0 Å². The first-order valence-electron chi connectivity index (χ1n) is 7.65. The monoisotopic (exact) mass is 325 g/mol. The lowest BCUT2D eigenvalue weighted by Gasteiger charge is -2.29. The van der Waals surface area contributed by atoms with Gasteiger partial charge in [0.05, 0.1) is 15.7 Å². The molecule has 0 aromatic heterocycles. The minimum Gasteiger partial charge on any atom is -0.242 e. The zero-order valence-corrected chi connectivity index (χ0v) is 14.9. The maximum atomic E-state index is 12.6. The molecule has 2 aromatic carbocycles. The smallest absolute Gasteiger partial charge is 0.114 e. The summed E-state index contributed by atoms with van der Waals surface area (Å²) in [5.41, 5.74) is 1.26. The summed E-state index contributed by atoms with van der Waals surface area (Å²) >= 11 is 0. The Morgan fingerprint density at radius 1 is 0.870 bits per heavy atom. The molecule has 0 fully saturated rings. The second-order valence-electron chi connectivity index (χ2n) is 6.59. The Balaban J connectivity index is 2.40. The van der Waals surface area contributed by atoms with Gasteiger partial charge in [-0.1, -0.05) is 60.4 Å². The minimum absolute atomic E-state index is 0.357. The van der Waals surface area contributed by atoms with E-state index in [4.69, 9.17) is 0 Å². The fraction of sp³-hybridized carbons (Fsp3) is 0.300. The molecule has 0 radical (unpaired) electrons. The summed E-state index contributed by atoms with van der Waals surface area (Å²) in [6.45, 7) is 7.83. The third-order valence-electron chi connectivity index (χ3n) is 3.43. The maximum Gasteiger partial charge on any atom is 0.114 e. The Morgan fingerprint density at radius 3 is 1.91 bits per heavy atom. The summed E-state index contributed by atoms with van der Waals surface area (Å²) in [5, 5.41) is 0. The molecule has 0 saturated heterocycles. The van der Waals surface area contributed by atoms with Crippen LogP contribution in [-0.4, -0.2) is 8.96 Å². The molecule has 0 saturated carbocycles. The van der Waals surface area contributed by atoms with Crippen LogP contribution in [0.25, 0.3) is 0 Å². The highest BCUT2D eigenvalue weighted by molar-refractivity contribution is 7.84. The maximum absolute atomic E-state index is 12.6. The molecule has 0 spiro atoms. The molecular weight excluding hydrogens is 302 g/mol. The molecule has 2 atom stereocenters. The van der Waals surface area contributed by atoms with Crippen molar-refractivity contribution in [2.75, 3.05) is 0 Å². The molecule has 0 amide bonds. The van der Waals surface area contributed by atoms with Gasteiger partial charge in [0.25, 0.3) is 0 Å². The van der Waals surface area contributed by atoms with Gasteiger partial charge in [-0.15, -0.1) is 0 Å². The van der Waals surface area contributed by atoms with Crippen LogP contribution in [0.5, 0.6) is 0 Å². The summed E-state index contributed by atoms with van der Waals surface area (Å²) in [4.78, 5) is 0.